The molecule has 2 aliphatic carbocycles. The second-order valence-corrected chi connectivity index (χ2v) is 9.63. The standard InChI is InChI=1S/C19H24N2O3S2/c1-11(18(23)24-12-7-3-2-4-8-12)25-19-20-16(22)15-13-9-5-6-10-14(13)26-17(15)21-19/h11-12H,2-10H2,1H3,(H,20,21,22)/t11-/m1/s1. The number of H-pyrrole nitrogens is 1. The van der Waals surface area contributed by atoms with Gasteiger partial charge in [-0.05, 0) is 63.9 Å². The molecule has 7 heteroatoms. The molecule has 2 heterocycles. The fraction of sp³-hybridized carbons (Fsp3) is 0.632. The average molecular weight is 393 g/mol. The van der Waals surface area contributed by atoms with Crippen LogP contribution in [0.15, 0.2) is 9.95 Å². The van der Waals surface area contributed by atoms with Crippen molar-refractivity contribution >= 4 is 39.3 Å². The lowest BCUT2D eigenvalue weighted by Crippen LogP contribution is -2.26. The first-order valence-electron chi connectivity index (χ1n) is 9.53. The number of thioether (sulfide) groups is 1. The number of ether oxygens (including phenoxy) is 1. The van der Waals surface area contributed by atoms with Gasteiger partial charge in [0.2, 0.25) is 0 Å². The quantitative estimate of drug-likeness (QED) is 0.479. The van der Waals surface area contributed by atoms with Crippen LogP contribution in [0.3, 0.4) is 0 Å². The SMILES string of the molecule is C[C@@H](Sc1nc2sc3c(c2c(=O)[nH]1)CCCC3)C(=O)OC1CCCCC1. The van der Waals surface area contributed by atoms with E-state index in [-0.39, 0.29) is 22.9 Å². The van der Waals surface area contributed by atoms with Crippen molar-refractivity contribution in [1.29, 1.82) is 0 Å². The molecule has 2 aliphatic rings. The van der Waals surface area contributed by atoms with Crippen LogP contribution in [0.1, 0.15) is 62.3 Å². The summed E-state index contributed by atoms with van der Waals surface area (Å²) in [6, 6.07) is 0. The van der Waals surface area contributed by atoms with Gasteiger partial charge in [-0.2, -0.15) is 0 Å². The van der Waals surface area contributed by atoms with E-state index in [9.17, 15) is 9.59 Å². The zero-order valence-electron chi connectivity index (χ0n) is 15.0. The average Bonchev–Trinajstić information content (AvgIpc) is 3.01. The largest absolute Gasteiger partial charge is 0.462 e. The Labute approximate surface area is 160 Å². The summed E-state index contributed by atoms with van der Waals surface area (Å²) in [6.45, 7) is 1.82. The maximum absolute atomic E-state index is 12.6. The van der Waals surface area contributed by atoms with Crippen molar-refractivity contribution in [1.82, 2.24) is 9.97 Å². The van der Waals surface area contributed by atoms with Crippen LogP contribution >= 0.6 is 23.1 Å². The molecule has 1 atom stereocenters. The summed E-state index contributed by atoms with van der Waals surface area (Å²) in [5.41, 5.74) is 1.11. The summed E-state index contributed by atoms with van der Waals surface area (Å²) in [6.07, 6.45) is 9.81. The molecule has 5 nitrogen and oxygen atoms in total. The summed E-state index contributed by atoms with van der Waals surface area (Å²) < 4.78 is 5.63. The number of esters is 1. The third-order valence-electron chi connectivity index (χ3n) is 5.26. The number of carbonyl (C=O) groups is 1. The lowest BCUT2D eigenvalue weighted by Gasteiger charge is -2.23. The summed E-state index contributed by atoms with van der Waals surface area (Å²) in [4.78, 5) is 34.5. The van der Waals surface area contributed by atoms with Gasteiger partial charge in [0.15, 0.2) is 5.16 Å². The third-order valence-corrected chi connectivity index (χ3v) is 7.41. The highest BCUT2D eigenvalue weighted by Gasteiger charge is 2.24. The summed E-state index contributed by atoms with van der Waals surface area (Å²) >= 11 is 2.91. The van der Waals surface area contributed by atoms with E-state index >= 15 is 0 Å². The van der Waals surface area contributed by atoms with Gasteiger partial charge in [0.25, 0.3) is 5.56 Å². The minimum atomic E-state index is -0.382. The van der Waals surface area contributed by atoms with Gasteiger partial charge < -0.3 is 9.72 Å². The number of carbonyl (C=O) groups excluding carboxylic acids is 1. The van der Waals surface area contributed by atoms with Crippen molar-refractivity contribution in [2.45, 2.75) is 81.2 Å². The Hall–Kier alpha value is -1.34. The molecule has 0 amide bonds. The third kappa shape index (κ3) is 3.69. The van der Waals surface area contributed by atoms with E-state index in [0.717, 1.165) is 55.2 Å². The van der Waals surface area contributed by atoms with Crippen molar-refractivity contribution in [3.8, 4) is 0 Å². The van der Waals surface area contributed by atoms with Crippen LogP contribution in [-0.2, 0) is 22.4 Å². The van der Waals surface area contributed by atoms with Crippen LogP contribution in [0, 0.1) is 0 Å². The number of rotatable bonds is 4. The topological polar surface area (TPSA) is 72.0 Å². The fourth-order valence-electron chi connectivity index (χ4n) is 3.86. The van der Waals surface area contributed by atoms with Crippen LogP contribution < -0.4 is 5.56 Å². The molecule has 1 N–H and O–H groups in total. The van der Waals surface area contributed by atoms with Crippen LogP contribution in [0.25, 0.3) is 10.2 Å². The Balaban J connectivity index is 1.49. The van der Waals surface area contributed by atoms with Crippen LogP contribution in [-0.4, -0.2) is 27.3 Å². The Morgan fingerprint density at radius 3 is 2.81 bits per heavy atom. The number of hydrogen-bond donors (Lipinski definition) is 1. The number of nitrogens with one attached hydrogen (secondary N) is 1. The molecule has 2 aromatic heterocycles. The number of aryl methyl sites for hydroxylation is 2. The monoisotopic (exact) mass is 392 g/mol. The molecule has 1 fully saturated rings. The molecule has 0 radical (unpaired) electrons. The minimum Gasteiger partial charge on any atom is -0.462 e. The van der Waals surface area contributed by atoms with Crippen molar-refractivity contribution in [2.75, 3.05) is 0 Å². The fourth-order valence-corrected chi connectivity index (χ4v) is 5.96. The number of thiophene rings is 1. The second-order valence-electron chi connectivity index (χ2n) is 7.22. The number of aromatic nitrogens is 2. The molecule has 0 unspecified atom stereocenters. The van der Waals surface area contributed by atoms with Gasteiger partial charge in [0.1, 0.15) is 16.2 Å². The molecule has 140 valence electrons. The number of fused-ring (bicyclic) bond motifs is 3. The van der Waals surface area contributed by atoms with Crippen molar-refractivity contribution in [2.24, 2.45) is 0 Å². The molecular weight excluding hydrogens is 368 g/mol. The zero-order valence-corrected chi connectivity index (χ0v) is 16.6. The first-order chi connectivity index (χ1) is 12.6. The normalized spacial score (nSPS) is 19.3. The Morgan fingerprint density at radius 1 is 1.23 bits per heavy atom. The first kappa shape index (κ1) is 18.0. The van der Waals surface area contributed by atoms with E-state index in [1.54, 1.807) is 11.3 Å². The lowest BCUT2D eigenvalue weighted by atomic mass is 9.97. The molecule has 26 heavy (non-hydrogen) atoms. The zero-order chi connectivity index (χ0) is 18.1. The van der Waals surface area contributed by atoms with E-state index < -0.39 is 0 Å². The van der Waals surface area contributed by atoms with Gasteiger partial charge in [0.05, 0.1) is 5.39 Å². The van der Waals surface area contributed by atoms with Gasteiger partial charge in [-0.25, -0.2) is 4.98 Å². The minimum absolute atomic E-state index is 0.0535. The van der Waals surface area contributed by atoms with Crippen molar-refractivity contribution in [3.63, 3.8) is 0 Å². The Kier molecular flexibility index (Phi) is 5.36. The summed E-state index contributed by atoms with van der Waals surface area (Å²) in [7, 11) is 0. The highest BCUT2D eigenvalue weighted by atomic mass is 32.2. The Morgan fingerprint density at radius 2 is 2.00 bits per heavy atom. The maximum Gasteiger partial charge on any atom is 0.319 e. The van der Waals surface area contributed by atoms with E-state index in [2.05, 4.69) is 9.97 Å². The first-order valence-corrected chi connectivity index (χ1v) is 11.2. The number of hydrogen-bond acceptors (Lipinski definition) is 6. The molecule has 2 aromatic rings. The highest BCUT2D eigenvalue weighted by molar-refractivity contribution is 8.00. The summed E-state index contributed by atoms with van der Waals surface area (Å²) in [5.74, 6) is -0.213. The molecule has 0 saturated heterocycles. The van der Waals surface area contributed by atoms with Gasteiger partial charge in [-0.15, -0.1) is 11.3 Å². The van der Waals surface area contributed by atoms with E-state index in [1.165, 1.54) is 35.0 Å². The predicted molar refractivity (Wildman–Crippen MR) is 105 cm³/mol. The predicted octanol–water partition coefficient (Wildman–Crippen LogP) is 4.22. The van der Waals surface area contributed by atoms with E-state index in [1.807, 2.05) is 6.92 Å². The molecule has 0 aliphatic heterocycles. The maximum atomic E-state index is 12.6. The van der Waals surface area contributed by atoms with Gasteiger partial charge in [-0.1, -0.05) is 18.2 Å². The number of nitrogens with zero attached hydrogens (tertiary/aromatic N) is 1. The van der Waals surface area contributed by atoms with Gasteiger partial charge in [0, 0.05) is 4.88 Å². The van der Waals surface area contributed by atoms with Crippen LogP contribution in [0.2, 0.25) is 0 Å². The van der Waals surface area contributed by atoms with Gasteiger partial charge in [-0.3, -0.25) is 9.59 Å². The van der Waals surface area contributed by atoms with Crippen molar-refractivity contribution in [3.05, 3.63) is 20.8 Å². The smallest absolute Gasteiger partial charge is 0.319 e. The van der Waals surface area contributed by atoms with E-state index in [4.69, 9.17) is 4.74 Å². The highest BCUT2D eigenvalue weighted by Crippen LogP contribution is 2.34. The molecule has 0 bridgehead atoms. The van der Waals surface area contributed by atoms with Crippen molar-refractivity contribution < 1.29 is 9.53 Å². The number of aromatic amines is 1. The molecule has 1 saturated carbocycles. The Bertz CT molecular complexity index is 868. The molecular formula is C19H24N2O3S2. The summed E-state index contributed by atoms with van der Waals surface area (Å²) in [5, 5.41) is 0.882. The van der Waals surface area contributed by atoms with Crippen LogP contribution in [0.5, 0.6) is 0 Å². The van der Waals surface area contributed by atoms with E-state index in [0.29, 0.717) is 5.16 Å². The van der Waals surface area contributed by atoms with Gasteiger partial charge >= 0.3 is 5.97 Å². The lowest BCUT2D eigenvalue weighted by molar-refractivity contribution is -0.149. The second kappa shape index (κ2) is 7.72. The molecule has 4 rings (SSSR count). The molecule has 0 aromatic carbocycles. The van der Waals surface area contributed by atoms with Crippen LogP contribution in [0.4, 0.5) is 0 Å². The molecule has 0 spiro atoms.